The molecule has 0 bridgehead atoms. The van der Waals surface area contributed by atoms with Gasteiger partial charge in [0.25, 0.3) is 0 Å². The fourth-order valence-corrected chi connectivity index (χ4v) is 3.41. The molecule has 3 rings (SSSR count). The molecule has 3 nitrogen and oxygen atoms in total. The molecular formula is C22H20BrCl2NO2. The summed E-state index contributed by atoms with van der Waals surface area (Å²) in [5.41, 5.74) is 2.89. The Morgan fingerprint density at radius 3 is 2.43 bits per heavy atom. The third-order valence-corrected chi connectivity index (χ3v) is 5.19. The third kappa shape index (κ3) is 5.57. The summed E-state index contributed by atoms with van der Waals surface area (Å²) >= 11 is 15.7. The lowest BCUT2D eigenvalue weighted by Gasteiger charge is -2.17. The van der Waals surface area contributed by atoms with E-state index in [9.17, 15) is 0 Å². The van der Waals surface area contributed by atoms with Crippen LogP contribution in [0.1, 0.15) is 18.1 Å². The first-order chi connectivity index (χ1) is 13.6. The number of rotatable bonds is 8. The van der Waals surface area contributed by atoms with Crippen molar-refractivity contribution in [2.75, 3.05) is 11.9 Å². The molecule has 1 N–H and O–H groups in total. The molecule has 0 aliphatic heterocycles. The van der Waals surface area contributed by atoms with Crippen molar-refractivity contribution in [3.05, 3.63) is 86.3 Å². The number of hydrogen-bond donors (Lipinski definition) is 1. The summed E-state index contributed by atoms with van der Waals surface area (Å²) in [5, 5.41) is 4.59. The van der Waals surface area contributed by atoms with Crippen LogP contribution in [0.15, 0.2) is 65.1 Å². The predicted octanol–water partition coefficient (Wildman–Crippen LogP) is 7.35. The van der Waals surface area contributed by atoms with Gasteiger partial charge in [-0.15, -0.1) is 0 Å². The molecule has 146 valence electrons. The van der Waals surface area contributed by atoms with Crippen LogP contribution >= 0.6 is 39.1 Å². The van der Waals surface area contributed by atoms with E-state index in [4.69, 9.17) is 32.7 Å². The zero-order chi connectivity index (χ0) is 19.9. The normalized spacial score (nSPS) is 10.6. The molecule has 3 aromatic carbocycles. The van der Waals surface area contributed by atoms with E-state index >= 15 is 0 Å². The minimum atomic E-state index is 0.325. The molecule has 0 heterocycles. The van der Waals surface area contributed by atoms with E-state index in [-0.39, 0.29) is 0 Å². The summed E-state index contributed by atoms with van der Waals surface area (Å²) in [6.07, 6.45) is 0. The number of anilines is 1. The fourth-order valence-electron chi connectivity index (χ4n) is 2.69. The molecule has 0 amide bonds. The summed E-state index contributed by atoms with van der Waals surface area (Å²) in [4.78, 5) is 0. The van der Waals surface area contributed by atoms with Crippen molar-refractivity contribution >= 4 is 44.8 Å². The molecule has 0 atom stereocenters. The van der Waals surface area contributed by atoms with E-state index in [1.807, 2.05) is 55.5 Å². The molecule has 0 fully saturated rings. The Morgan fingerprint density at radius 1 is 0.929 bits per heavy atom. The van der Waals surface area contributed by atoms with Gasteiger partial charge < -0.3 is 14.8 Å². The van der Waals surface area contributed by atoms with E-state index in [0.29, 0.717) is 41.3 Å². The van der Waals surface area contributed by atoms with Gasteiger partial charge in [0.05, 0.1) is 6.61 Å². The monoisotopic (exact) mass is 479 g/mol. The van der Waals surface area contributed by atoms with Crippen LogP contribution in [-0.4, -0.2) is 6.61 Å². The fraction of sp³-hybridized carbons (Fsp3) is 0.182. The SMILES string of the molecule is CCOc1cccc(CNc2ccc(Br)cc2)c1OCc1ccc(Cl)cc1Cl. The summed E-state index contributed by atoms with van der Waals surface area (Å²) in [6, 6.07) is 19.3. The van der Waals surface area contributed by atoms with Crippen molar-refractivity contribution in [3.63, 3.8) is 0 Å². The van der Waals surface area contributed by atoms with Gasteiger partial charge >= 0.3 is 0 Å². The molecule has 0 aliphatic carbocycles. The Bertz CT molecular complexity index is 932. The van der Waals surface area contributed by atoms with Gasteiger partial charge in [-0.2, -0.15) is 0 Å². The highest BCUT2D eigenvalue weighted by Gasteiger charge is 2.13. The van der Waals surface area contributed by atoms with Crippen LogP contribution < -0.4 is 14.8 Å². The maximum Gasteiger partial charge on any atom is 0.166 e. The molecule has 0 saturated carbocycles. The molecule has 0 aliphatic rings. The molecule has 0 spiro atoms. The quantitative estimate of drug-likeness (QED) is 0.365. The Labute approximate surface area is 183 Å². The average molecular weight is 481 g/mol. The Balaban J connectivity index is 1.79. The van der Waals surface area contributed by atoms with Crippen LogP contribution in [0.25, 0.3) is 0 Å². The van der Waals surface area contributed by atoms with Crippen LogP contribution in [0.2, 0.25) is 10.0 Å². The molecule has 0 unspecified atom stereocenters. The smallest absolute Gasteiger partial charge is 0.166 e. The second-order valence-electron chi connectivity index (χ2n) is 6.06. The maximum absolute atomic E-state index is 6.28. The van der Waals surface area contributed by atoms with Crippen LogP contribution in [0.4, 0.5) is 5.69 Å². The number of ether oxygens (including phenoxy) is 2. The topological polar surface area (TPSA) is 30.5 Å². The summed E-state index contributed by atoms with van der Waals surface area (Å²) in [6.45, 7) is 3.44. The van der Waals surface area contributed by atoms with Gasteiger partial charge in [0, 0.05) is 37.9 Å². The van der Waals surface area contributed by atoms with Gasteiger partial charge in [-0.3, -0.25) is 0 Å². The lowest BCUT2D eigenvalue weighted by molar-refractivity contribution is 0.267. The highest BCUT2D eigenvalue weighted by molar-refractivity contribution is 9.10. The number of hydrogen-bond acceptors (Lipinski definition) is 3. The van der Waals surface area contributed by atoms with Gasteiger partial charge in [-0.1, -0.05) is 57.3 Å². The summed E-state index contributed by atoms with van der Waals surface area (Å²) in [7, 11) is 0. The first kappa shape index (κ1) is 20.8. The van der Waals surface area contributed by atoms with Crippen molar-refractivity contribution in [1.29, 1.82) is 0 Å². The molecule has 28 heavy (non-hydrogen) atoms. The number of halogens is 3. The highest BCUT2D eigenvalue weighted by Crippen LogP contribution is 2.33. The molecule has 0 aromatic heterocycles. The van der Waals surface area contributed by atoms with Crippen LogP contribution in [0.3, 0.4) is 0 Å². The summed E-state index contributed by atoms with van der Waals surface area (Å²) < 4.78 is 12.9. The van der Waals surface area contributed by atoms with Crippen molar-refractivity contribution in [3.8, 4) is 11.5 Å². The van der Waals surface area contributed by atoms with E-state index in [1.54, 1.807) is 12.1 Å². The van der Waals surface area contributed by atoms with Gasteiger partial charge in [0.15, 0.2) is 11.5 Å². The zero-order valence-electron chi connectivity index (χ0n) is 15.3. The average Bonchev–Trinajstić information content (AvgIpc) is 2.68. The van der Waals surface area contributed by atoms with Crippen LogP contribution in [0, 0.1) is 0 Å². The third-order valence-electron chi connectivity index (χ3n) is 4.07. The largest absolute Gasteiger partial charge is 0.490 e. The second-order valence-corrected chi connectivity index (χ2v) is 7.82. The zero-order valence-corrected chi connectivity index (χ0v) is 18.4. The second kappa shape index (κ2) is 10.1. The minimum absolute atomic E-state index is 0.325. The van der Waals surface area contributed by atoms with E-state index < -0.39 is 0 Å². The van der Waals surface area contributed by atoms with E-state index in [2.05, 4.69) is 21.2 Å². The Kier molecular flexibility index (Phi) is 7.49. The molecule has 6 heteroatoms. The number of nitrogens with one attached hydrogen (secondary N) is 1. The number of para-hydroxylation sites is 1. The molecule has 0 radical (unpaired) electrons. The van der Waals surface area contributed by atoms with Crippen molar-refractivity contribution in [1.82, 2.24) is 0 Å². The number of benzene rings is 3. The first-order valence-electron chi connectivity index (χ1n) is 8.87. The minimum Gasteiger partial charge on any atom is -0.490 e. The van der Waals surface area contributed by atoms with Gasteiger partial charge in [-0.05, 0) is 49.4 Å². The Hall–Kier alpha value is -1.88. The van der Waals surface area contributed by atoms with Gasteiger partial charge in [0.1, 0.15) is 6.61 Å². The maximum atomic E-state index is 6.28. The van der Waals surface area contributed by atoms with Gasteiger partial charge in [0.2, 0.25) is 0 Å². The molecule has 3 aromatic rings. The van der Waals surface area contributed by atoms with Crippen molar-refractivity contribution in [2.24, 2.45) is 0 Å². The van der Waals surface area contributed by atoms with Crippen molar-refractivity contribution < 1.29 is 9.47 Å². The highest BCUT2D eigenvalue weighted by atomic mass is 79.9. The molecule has 0 saturated heterocycles. The van der Waals surface area contributed by atoms with Crippen molar-refractivity contribution in [2.45, 2.75) is 20.1 Å². The first-order valence-corrected chi connectivity index (χ1v) is 10.4. The molecular weight excluding hydrogens is 461 g/mol. The lowest BCUT2D eigenvalue weighted by Crippen LogP contribution is -2.06. The van der Waals surface area contributed by atoms with Gasteiger partial charge in [-0.25, -0.2) is 0 Å². The van der Waals surface area contributed by atoms with E-state index in [0.717, 1.165) is 21.3 Å². The Morgan fingerprint density at radius 2 is 1.71 bits per heavy atom. The lowest BCUT2D eigenvalue weighted by atomic mass is 10.1. The van der Waals surface area contributed by atoms with E-state index in [1.165, 1.54) is 0 Å². The van der Waals surface area contributed by atoms with Crippen LogP contribution in [-0.2, 0) is 13.2 Å². The predicted molar refractivity (Wildman–Crippen MR) is 120 cm³/mol. The summed E-state index contributed by atoms with van der Waals surface area (Å²) in [5.74, 6) is 1.42. The van der Waals surface area contributed by atoms with Crippen LogP contribution in [0.5, 0.6) is 11.5 Å². The standard InChI is InChI=1S/C22H20BrCl2NO2/c1-2-27-21-5-3-4-15(13-26-19-10-7-17(23)8-11-19)22(21)28-14-16-6-9-18(24)12-20(16)25/h3-12,26H,2,13-14H2,1H3.